The number of aromatic nitrogens is 1. The highest BCUT2D eigenvalue weighted by atomic mass is 32.1. The molecule has 1 nitrogen and oxygen atoms in total. The molecule has 0 saturated heterocycles. The van der Waals surface area contributed by atoms with Crippen molar-refractivity contribution < 1.29 is 0 Å². The minimum Gasteiger partial charge on any atom is -0.241 e. The van der Waals surface area contributed by atoms with E-state index in [1.165, 1.54) is 11.3 Å². The summed E-state index contributed by atoms with van der Waals surface area (Å²) in [5.41, 5.74) is 2.07. The van der Waals surface area contributed by atoms with Crippen molar-refractivity contribution in [3.05, 3.63) is 47.6 Å². The van der Waals surface area contributed by atoms with Crippen molar-refractivity contribution in [2.75, 3.05) is 0 Å². The molecule has 2 radical (unpaired) electrons. The second-order valence-electron chi connectivity index (χ2n) is 2.44. The Morgan fingerprint density at radius 1 is 1.17 bits per heavy atom. The lowest BCUT2D eigenvalue weighted by atomic mass is 10.2. The van der Waals surface area contributed by atoms with E-state index in [2.05, 4.69) is 4.98 Å². The van der Waals surface area contributed by atoms with Crippen LogP contribution in [0.3, 0.4) is 0 Å². The molecule has 2 heteroatoms. The largest absolute Gasteiger partial charge is 0.241 e. The molecule has 1 heterocycles. The van der Waals surface area contributed by atoms with Gasteiger partial charge in [-0.2, -0.15) is 0 Å². The summed E-state index contributed by atoms with van der Waals surface area (Å²) in [6.45, 7) is 5.52. The van der Waals surface area contributed by atoms with Gasteiger partial charge in [-0.25, -0.2) is 4.98 Å². The summed E-state index contributed by atoms with van der Waals surface area (Å²) in [7, 11) is 0. The predicted molar refractivity (Wildman–Crippen MR) is 51.0 cm³/mol. The van der Waals surface area contributed by atoms with E-state index < -0.39 is 0 Å². The minimum atomic E-state index is 0.619. The van der Waals surface area contributed by atoms with Crippen LogP contribution in [0.4, 0.5) is 0 Å². The summed E-state index contributed by atoms with van der Waals surface area (Å²) in [6.07, 6.45) is 0. The van der Waals surface area contributed by atoms with Gasteiger partial charge in [-0.1, -0.05) is 30.3 Å². The van der Waals surface area contributed by atoms with Gasteiger partial charge in [0.25, 0.3) is 0 Å². The van der Waals surface area contributed by atoms with Gasteiger partial charge < -0.3 is 0 Å². The zero-order valence-corrected chi connectivity index (χ0v) is 7.21. The molecule has 0 unspecified atom stereocenters. The van der Waals surface area contributed by atoms with Crippen molar-refractivity contribution in [3.63, 3.8) is 0 Å². The highest BCUT2D eigenvalue weighted by Crippen LogP contribution is 2.20. The molecule has 0 fully saturated rings. The van der Waals surface area contributed by atoms with Crippen molar-refractivity contribution in [1.29, 1.82) is 0 Å². The maximum atomic E-state index is 5.52. The fourth-order valence-corrected chi connectivity index (χ4v) is 1.60. The number of benzene rings is 1. The lowest BCUT2D eigenvalue weighted by Crippen LogP contribution is -1.75. The van der Waals surface area contributed by atoms with Gasteiger partial charge >= 0.3 is 0 Å². The number of nitrogens with zero attached hydrogens (tertiary/aromatic N) is 1. The topological polar surface area (TPSA) is 12.9 Å². The molecule has 0 spiro atoms. The van der Waals surface area contributed by atoms with Gasteiger partial charge in [0.1, 0.15) is 0 Å². The monoisotopic (exact) mass is 173 g/mol. The Morgan fingerprint density at radius 3 is 2.50 bits per heavy atom. The molecular weight excluding hydrogens is 166 g/mol. The lowest BCUT2D eigenvalue weighted by molar-refractivity contribution is 1.36. The van der Waals surface area contributed by atoms with Crippen LogP contribution in [-0.4, -0.2) is 4.98 Å². The number of hydrogen-bond acceptors (Lipinski definition) is 2. The van der Waals surface area contributed by atoms with E-state index in [-0.39, 0.29) is 0 Å². The van der Waals surface area contributed by atoms with E-state index >= 15 is 0 Å². The summed E-state index contributed by atoms with van der Waals surface area (Å²) in [5.74, 6) is 0. The number of rotatable bonds is 1. The van der Waals surface area contributed by atoms with Crippen molar-refractivity contribution in [2.24, 2.45) is 0 Å². The summed E-state index contributed by atoms with van der Waals surface area (Å²) in [5, 5.41) is 2.58. The van der Waals surface area contributed by atoms with Gasteiger partial charge in [0.05, 0.1) is 10.7 Å². The van der Waals surface area contributed by atoms with Crippen LogP contribution >= 0.6 is 11.3 Å². The van der Waals surface area contributed by atoms with Gasteiger partial charge in [0.2, 0.25) is 0 Å². The van der Waals surface area contributed by atoms with E-state index in [9.17, 15) is 0 Å². The Bertz CT molecular complexity index is 364. The Kier molecular flexibility index (Phi) is 1.92. The molecule has 1 aromatic heterocycles. The molecule has 0 atom stereocenters. The van der Waals surface area contributed by atoms with E-state index in [0.717, 1.165) is 11.3 Å². The van der Waals surface area contributed by atoms with Crippen LogP contribution in [0, 0.1) is 6.92 Å². The molecular formula is C10H7NS. The Labute approximate surface area is 75.7 Å². The standard InChI is InChI=1S/C10H7NS/c1-8-11-10(7-12-8)9-5-3-2-4-6-9/h1-7H. The zero-order chi connectivity index (χ0) is 8.39. The second-order valence-corrected chi connectivity index (χ2v) is 3.33. The summed E-state index contributed by atoms with van der Waals surface area (Å²) in [6, 6.07) is 10.0. The molecule has 12 heavy (non-hydrogen) atoms. The van der Waals surface area contributed by atoms with Crippen LogP contribution in [0.1, 0.15) is 5.01 Å². The first-order chi connectivity index (χ1) is 5.86. The SMILES string of the molecule is [CH]c1nc(-c2ccccc2)cs1. The lowest BCUT2D eigenvalue weighted by Gasteiger charge is -1.92. The Hall–Kier alpha value is -1.15. The molecule has 0 aliphatic carbocycles. The van der Waals surface area contributed by atoms with Crippen LogP contribution in [-0.2, 0) is 0 Å². The fourth-order valence-electron chi connectivity index (χ4n) is 1.03. The molecule has 2 aromatic rings. The third kappa shape index (κ3) is 1.38. The van der Waals surface area contributed by atoms with E-state index in [0.29, 0.717) is 5.01 Å². The van der Waals surface area contributed by atoms with Crippen molar-refractivity contribution in [2.45, 2.75) is 0 Å². The normalized spacial score (nSPS) is 10.1. The van der Waals surface area contributed by atoms with Crippen LogP contribution in [0.2, 0.25) is 0 Å². The van der Waals surface area contributed by atoms with Gasteiger partial charge in [-0.3, -0.25) is 0 Å². The average molecular weight is 173 g/mol. The van der Waals surface area contributed by atoms with Crippen LogP contribution in [0.5, 0.6) is 0 Å². The smallest absolute Gasteiger partial charge is 0.0978 e. The molecule has 0 bridgehead atoms. The quantitative estimate of drug-likeness (QED) is 0.646. The van der Waals surface area contributed by atoms with Crippen LogP contribution in [0.25, 0.3) is 11.3 Å². The number of thiazole rings is 1. The van der Waals surface area contributed by atoms with Crippen LogP contribution in [0.15, 0.2) is 35.7 Å². The van der Waals surface area contributed by atoms with E-state index in [4.69, 9.17) is 6.92 Å². The first-order valence-corrected chi connectivity index (χ1v) is 4.50. The zero-order valence-electron chi connectivity index (χ0n) is 6.40. The Balaban J connectivity index is 2.45. The van der Waals surface area contributed by atoms with Gasteiger partial charge in [0, 0.05) is 17.9 Å². The second kappa shape index (κ2) is 3.07. The minimum absolute atomic E-state index is 0.619. The molecule has 0 N–H and O–H groups in total. The van der Waals surface area contributed by atoms with Crippen molar-refractivity contribution in [3.8, 4) is 11.3 Å². The highest BCUT2D eigenvalue weighted by molar-refractivity contribution is 7.10. The van der Waals surface area contributed by atoms with Gasteiger partial charge in [-0.15, -0.1) is 11.3 Å². The number of hydrogen-bond donors (Lipinski definition) is 0. The van der Waals surface area contributed by atoms with Gasteiger partial charge in [0.15, 0.2) is 0 Å². The first kappa shape index (κ1) is 7.50. The molecule has 2 rings (SSSR count). The first-order valence-electron chi connectivity index (χ1n) is 3.63. The van der Waals surface area contributed by atoms with Crippen molar-refractivity contribution >= 4 is 11.3 Å². The molecule has 0 saturated carbocycles. The van der Waals surface area contributed by atoms with Gasteiger partial charge in [-0.05, 0) is 0 Å². The van der Waals surface area contributed by atoms with Crippen molar-refractivity contribution in [1.82, 2.24) is 4.98 Å². The molecule has 1 aromatic carbocycles. The summed E-state index contributed by atoms with van der Waals surface area (Å²) in [4.78, 5) is 4.18. The third-order valence-electron chi connectivity index (χ3n) is 1.59. The molecule has 0 aliphatic rings. The summed E-state index contributed by atoms with van der Waals surface area (Å²) >= 11 is 1.47. The van der Waals surface area contributed by atoms with E-state index in [1.54, 1.807) is 0 Å². The maximum absolute atomic E-state index is 5.52. The molecule has 58 valence electrons. The summed E-state index contributed by atoms with van der Waals surface area (Å²) < 4.78 is 0. The van der Waals surface area contributed by atoms with Crippen LogP contribution < -0.4 is 0 Å². The van der Waals surface area contributed by atoms with E-state index in [1.807, 2.05) is 35.7 Å². The molecule has 0 amide bonds. The average Bonchev–Trinajstić information content (AvgIpc) is 2.54. The molecule has 0 aliphatic heterocycles. The predicted octanol–water partition coefficient (Wildman–Crippen LogP) is 2.87. The third-order valence-corrected chi connectivity index (χ3v) is 2.27. The maximum Gasteiger partial charge on any atom is 0.0978 e. The highest BCUT2D eigenvalue weighted by Gasteiger charge is 1.99. The Morgan fingerprint density at radius 2 is 1.92 bits per heavy atom. The fraction of sp³-hybridized carbons (Fsp3) is 0.